The van der Waals surface area contributed by atoms with E-state index < -0.39 is 0 Å². The molecule has 0 aliphatic carbocycles. The van der Waals surface area contributed by atoms with E-state index in [2.05, 4.69) is 33.8 Å². The minimum Gasteiger partial charge on any atom is -0.291 e. The van der Waals surface area contributed by atoms with Crippen LogP contribution in [0.15, 0.2) is 79.1 Å². The van der Waals surface area contributed by atoms with Gasteiger partial charge in [-0.2, -0.15) is 0 Å². The first-order valence-electron chi connectivity index (χ1n) is 7.53. The largest absolute Gasteiger partial charge is 0.291 e. The highest BCUT2D eigenvalue weighted by Gasteiger charge is 2.09. The first-order valence-corrected chi connectivity index (χ1v) is 7.53. The van der Waals surface area contributed by atoms with E-state index >= 15 is 0 Å². The van der Waals surface area contributed by atoms with Gasteiger partial charge in [0.05, 0.1) is 22.9 Å². The molecular weight excluding hydrogens is 282 g/mol. The van der Waals surface area contributed by atoms with Crippen molar-refractivity contribution in [3.05, 3.63) is 90.5 Å². The van der Waals surface area contributed by atoms with Gasteiger partial charge in [0.15, 0.2) is 0 Å². The van der Waals surface area contributed by atoms with Crippen LogP contribution in [0.5, 0.6) is 0 Å². The van der Waals surface area contributed by atoms with Crippen molar-refractivity contribution in [1.82, 2.24) is 14.5 Å². The molecule has 0 bridgehead atoms. The quantitative estimate of drug-likeness (QED) is 0.553. The van der Waals surface area contributed by atoms with E-state index in [4.69, 9.17) is 4.98 Å². The molecule has 23 heavy (non-hydrogen) atoms. The molecule has 0 atom stereocenters. The molecule has 0 N–H and O–H groups in total. The fourth-order valence-electron chi connectivity index (χ4n) is 2.65. The van der Waals surface area contributed by atoms with Crippen molar-refractivity contribution in [2.45, 2.75) is 0 Å². The lowest BCUT2D eigenvalue weighted by Crippen LogP contribution is -1.97. The standard InChI is InChI=1S/C20H15N3/c1-2-7-16(8-3-1)12-13-20-22-18-10-4-5-11-19(18)23(20)17-9-6-14-21-15-17/h1-15H/b13-12+. The third-order valence-electron chi connectivity index (χ3n) is 3.72. The summed E-state index contributed by atoms with van der Waals surface area (Å²) in [6, 6.07) is 22.4. The van der Waals surface area contributed by atoms with E-state index in [-0.39, 0.29) is 0 Å². The zero-order valence-electron chi connectivity index (χ0n) is 12.5. The number of nitrogens with zero attached hydrogens (tertiary/aromatic N) is 3. The monoisotopic (exact) mass is 297 g/mol. The fourth-order valence-corrected chi connectivity index (χ4v) is 2.65. The Morgan fingerprint density at radius 1 is 0.783 bits per heavy atom. The molecule has 110 valence electrons. The van der Waals surface area contributed by atoms with Gasteiger partial charge in [-0.1, -0.05) is 48.5 Å². The van der Waals surface area contributed by atoms with Crippen molar-refractivity contribution < 1.29 is 0 Å². The van der Waals surface area contributed by atoms with Gasteiger partial charge in [-0.05, 0) is 35.9 Å². The number of pyridine rings is 1. The zero-order valence-corrected chi connectivity index (χ0v) is 12.5. The maximum Gasteiger partial charge on any atom is 0.138 e. The number of benzene rings is 2. The van der Waals surface area contributed by atoms with Crippen LogP contribution >= 0.6 is 0 Å². The molecule has 0 unspecified atom stereocenters. The van der Waals surface area contributed by atoms with Crippen molar-refractivity contribution in [1.29, 1.82) is 0 Å². The summed E-state index contributed by atoms with van der Waals surface area (Å²) in [7, 11) is 0. The van der Waals surface area contributed by atoms with Gasteiger partial charge in [0, 0.05) is 6.20 Å². The number of rotatable bonds is 3. The van der Waals surface area contributed by atoms with Gasteiger partial charge in [-0.3, -0.25) is 9.55 Å². The van der Waals surface area contributed by atoms with Gasteiger partial charge in [0.25, 0.3) is 0 Å². The molecule has 2 aromatic carbocycles. The Labute approximate surface area is 134 Å². The lowest BCUT2D eigenvalue weighted by Gasteiger charge is -2.06. The highest BCUT2D eigenvalue weighted by molar-refractivity contribution is 5.82. The van der Waals surface area contributed by atoms with Crippen molar-refractivity contribution in [2.24, 2.45) is 0 Å². The Hall–Kier alpha value is -3.20. The number of hydrogen-bond donors (Lipinski definition) is 0. The molecule has 0 aliphatic rings. The summed E-state index contributed by atoms with van der Waals surface area (Å²) in [5.41, 5.74) is 4.21. The van der Waals surface area contributed by atoms with E-state index in [9.17, 15) is 0 Å². The average Bonchev–Trinajstić information content (AvgIpc) is 3.00. The maximum absolute atomic E-state index is 4.75. The molecule has 4 aromatic rings. The van der Waals surface area contributed by atoms with Gasteiger partial charge in [-0.15, -0.1) is 0 Å². The molecule has 2 heterocycles. The van der Waals surface area contributed by atoms with Crippen LogP contribution in [-0.4, -0.2) is 14.5 Å². The summed E-state index contributed by atoms with van der Waals surface area (Å²) in [6.07, 6.45) is 7.76. The van der Waals surface area contributed by atoms with Crippen LogP contribution in [-0.2, 0) is 0 Å². The minimum atomic E-state index is 0.892. The van der Waals surface area contributed by atoms with Gasteiger partial charge in [0.2, 0.25) is 0 Å². The van der Waals surface area contributed by atoms with Crippen molar-refractivity contribution in [3.8, 4) is 5.69 Å². The van der Waals surface area contributed by atoms with E-state index in [0.717, 1.165) is 28.1 Å². The van der Waals surface area contributed by atoms with Crippen molar-refractivity contribution in [3.63, 3.8) is 0 Å². The second-order valence-electron chi connectivity index (χ2n) is 5.25. The van der Waals surface area contributed by atoms with E-state index in [1.165, 1.54) is 0 Å². The van der Waals surface area contributed by atoms with E-state index in [0.29, 0.717) is 0 Å². The molecule has 3 heteroatoms. The predicted octanol–water partition coefficient (Wildman–Crippen LogP) is 4.59. The summed E-state index contributed by atoms with van der Waals surface area (Å²) < 4.78 is 2.13. The Morgan fingerprint density at radius 2 is 1.61 bits per heavy atom. The highest BCUT2D eigenvalue weighted by atomic mass is 15.1. The lowest BCUT2D eigenvalue weighted by atomic mass is 10.2. The molecule has 0 saturated heterocycles. The van der Waals surface area contributed by atoms with Crippen LogP contribution in [0.4, 0.5) is 0 Å². The number of aromatic nitrogens is 3. The normalized spacial score (nSPS) is 11.3. The minimum absolute atomic E-state index is 0.892. The predicted molar refractivity (Wildman–Crippen MR) is 94.2 cm³/mol. The van der Waals surface area contributed by atoms with Crippen LogP contribution < -0.4 is 0 Å². The lowest BCUT2D eigenvalue weighted by molar-refractivity contribution is 1.05. The average molecular weight is 297 g/mol. The van der Waals surface area contributed by atoms with Crippen LogP contribution in [0.1, 0.15) is 11.4 Å². The first kappa shape index (κ1) is 13.5. The number of imidazole rings is 1. The first-order chi connectivity index (χ1) is 11.4. The van der Waals surface area contributed by atoms with Gasteiger partial charge in [0.1, 0.15) is 5.82 Å². The van der Waals surface area contributed by atoms with Crippen LogP contribution in [0.3, 0.4) is 0 Å². The Morgan fingerprint density at radius 3 is 2.43 bits per heavy atom. The molecule has 0 aliphatic heterocycles. The van der Waals surface area contributed by atoms with Crippen molar-refractivity contribution in [2.75, 3.05) is 0 Å². The second kappa shape index (κ2) is 5.89. The summed E-state index contributed by atoms with van der Waals surface area (Å²) in [4.78, 5) is 8.99. The summed E-state index contributed by atoms with van der Waals surface area (Å²) in [6.45, 7) is 0. The van der Waals surface area contributed by atoms with E-state index in [1.54, 1.807) is 6.20 Å². The van der Waals surface area contributed by atoms with Crippen LogP contribution in [0, 0.1) is 0 Å². The van der Waals surface area contributed by atoms with Gasteiger partial charge in [-0.25, -0.2) is 4.98 Å². The summed E-state index contributed by atoms with van der Waals surface area (Å²) >= 11 is 0. The molecule has 0 fully saturated rings. The zero-order chi connectivity index (χ0) is 15.5. The Balaban J connectivity index is 1.88. The van der Waals surface area contributed by atoms with Gasteiger partial charge >= 0.3 is 0 Å². The number of hydrogen-bond acceptors (Lipinski definition) is 2. The molecule has 4 rings (SSSR count). The molecule has 0 saturated carbocycles. The molecule has 0 spiro atoms. The summed E-state index contributed by atoms with van der Waals surface area (Å²) in [5.74, 6) is 0.892. The van der Waals surface area contributed by atoms with Crippen LogP contribution in [0.25, 0.3) is 28.9 Å². The highest BCUT2D eigenvalue weighted by Crippen LogP contribution is 2.22. The SMILES string of the molecule is C(=C\c1nc2ccccc2n1-c1cccnc1)/c1ccccc1. The third kappa shape index (κ3) is 2.64. The Bertz CT molecular complexity index is 954. The third-order valence-corrected chi connectivity index (χ3v) is 3.72. The fraction of sp³-hybridized carbons (Fsp3) is 0. The molecule has 3 nitrogen and oxygen atoms in total. The van der Waals surface area contributed by atoms with Gasteiger partial charge < -0.3 is 0 Å². The van der Waals surface area contributed by atoms with Crippen LogP contribution in [0.2, 0.25) is 0 Å². The Kier molecular flexibility index (Phi) is 3.45. The summed E-state index contributed by atoms with van der Waals surface area (Å²) in [5, 5.41) is 0. The number of para-hydroxylation sites is 2. The van der Waals surface area contributed by atoms with Crippen molar-refractivity contribution >= 4 is 23.2 Å². The molecule has 0 amide bonds. The molecule has 0 radical (unpaired) electrons. The second-order valence-corrected chi connectivity index (χ2v) is 5.25. The molecule has 2 aromatic heterocycles. The maximum atomic E-state index is 4.75. The molecular formula is C20H15N3. The van der Waals surface area contributed by atoms with E-state index in [1.807, 2.05) is 60.8 Å². The topological polar surface area (TPSA) is 30.7 Å². The number of fused-ring (bicyclic) bond motifs is 1. The smallest absolute Gasteiger partial charge is 0.138 e.